The summed E-state index contributed by atoms with van der Waals surface area (Å²) in [5.41, 5.74) is 1.68. The van der Waals surface area contributed by atoms with E-state index in [9.17, 15) is 14.7 Å². The van der Waals surface area contributed by atoms with Gasteiger partial charge in [-0.15, -0.1) is 10.2 Å². The number of rotatable bonds is 3. The molecule has 7 nitrogen and oxygen atoms in total. The zero-order chi connectivity index (χ0) is 19.1. The number of aromatic nitrogens is 2. The van der Waals surface area contributed by atoms with Crippen LogP contribution in [0.1, 0.15) is 21.6 Å². The lowest BCUT2D eigenvalue weighted by atomic mass is 10.1. The molecule has 0 aliphatic heterocycles. The maximum absolute atomic E-state index is 12.8. The van der Waals surface area contributed by atoms with E-state index in [1.54, 1.807) is 42.9 Å². The van der Waals surface area contributed by atoms with Crippen LogP contribution < -0.4 is 5.56 Å². The monoisotopic (exact) mass is 360 g/mol. The number of aliphatic hydroxyl groups excluding tert-OH is 1. The number of hydrogen-bond acceptors (Lipinski definition) is 5. The number of allylic oxidation sites excluding steroid dienone is 1. The van der Waals surface area contributed by atoms with Crippen LogP contribution in [0.15, 0.2) is 75.3 Å². The zero-order valence-electron chi connectivity index (χ0n) is 14.7. The van der Waals surface area contributed by atoms with E-state index >= 15 is 0 Å². The first-order valence-electron chi connectivity index (χ1n) is 8.34. The molecule has 1 aromatic heterocycles. The molecule has 134 valence electrons. The van der Waals surface area contributed by atoms with Crippen molar-refractivity contribution in [3.8, 4) is 5.69 Å². The van der Waals surface area contributed by atoms with Crippen molar-refractivity contribution in [2.24, 2.45) is 17.3 Å². The molecule has 27 heavy (non-hydrogen) atoms. The van der Waals surface area contributed by atoms with Crippen molar-refractivity contribution >= 4 is 17.2 Å². The Bertz CT molecular complexity index is 1180. The van der Waals surface area contributed by atoms with Crippen LogP contribution in [-0.2, 0) is 7.05 Å². The molecule has 0 atom stereocenters. The first-order chi connectivity index (χ1) is 13.0. The smallest absolute Gasteiger partial charge is 0.299 e. The van der Waals surface area contributed by atoms with Gasteiger partial charge in [-0.1, -0.05) is 42.5 Å². The molecular formula is C20H16N4O3. The molecule has 0 unspecified atom stereocenters. The van der Waals surface area contributed by atoms with Gasteiger partial charge in [0.15, 0.2) is 17.1 Å². The highest BCUT2D eigenvalue weighted by Gasteiger charge is 2.30. The summed E-state index contributed by atoms with van der Waals surface area (Å²) < 4.78 is 3.15. The topological polar surface area (TPSA) is 89.0 Å². The molecule has 1 heterocycles. The lowest BCUT2D eigenvalue weighted by molar-refractivity contribution is 0.103. The van der Waals surface area contributed by atoms with Crippen molar-refractivity contribution < 1.29 is 9.90 Å². The highest BCUT2D eigenvalue weighted by Crippen LogP contribution is 2.32. The lowest BCUT2D eigenvalue weighted by Crippen LogP contribution is -2.19. The Hall–Kier alpha value is -3.74. The number of nitrogens with zero attached hydrogens (tertiary/aromatic N) is 4. The molecule has 1 N–H and O–H groups in total. The largest absolute Gasteiger partial charge is 0.505 e. The number of carbonyl (C=O) groups excluding carboxylic acids is 1. The molecule has 0 saturated heterocycles. The molecule has 0 bridgehead atoms. The fraction of sp³-hybridized carbons (Fsp3) is 0.100. The van der Waals surface area contributed by atoms with E-state index in [0.29, 0.717) is 22.5 Å². The number of azo groups is 1. The quantitative estimate of drug-likeness (QED) is 0.722. The maximum atomic E-state index is 12.8. The van der Waals surface area contributed by atoms with Gasteiger partial charge in [0.2, 0.25) is 5.78 Å². The number of ketones is 1. The van der Waals surface area contributed by atoms with Crippen LogP contribution in [0.25, 0.3) is 11.4 Å². The summed E-state index contributed by atoms with van der Waals surface area (Å²) in [5, 5.41) is 18.2. The molecule has 0 saturated carbocycles. The third-order valence-corrected chi connectivity index (χ3v) is 4.64. The van der Waals surface area contributed by atoms with Gasteiger partial charge in [0.05, 0.1) is 11.4 Å². The first kappa shape index (κ1) is 16.7. The van der Waals surface area contributed by atoms with Gasteiger partial charge in [0.25, 0.3) is 5.56 Å². The summed E-state index contributed by atoms with van der Waals surface area (Å²) in [4.78, 5) is 25.3. The first-order valence-corrected chi connectivity index (χ1v) is 8.34. The Kier molecular flexibility index (Phi) is 3.84. The van der Waals surface area contributed by atoms with E-state index in [1.807, 2.05) is 30.3 Å². The van der Waals surface area contributed by atoms with Gasteiger partial charge in [-0.3, -0.25) is 14.3 Å². The second-order valence-electron chi connectivity index (χ2n) is 6.18. The SMILES string of the molecule is Cc1c(/N=N/C2=C(O)c3ccccc3C2=O)c(=O)n(-c2ccccc2)n1C. The second-order valence-corrected chi connectivity index (χ2v) is 6.18. The minimum atomic E-state index is -0.413. The van der Waals surface area contributed by atoms with Gasteiger partial charge in [0.1, 0.15) is 0 Å². The maximum Gasteiger partial charge on any atom is 0.299 e. The number of hydrogen-bond donors (Lipinski definition) is 1. The Morgan fingerprint density at radius 2 is 1.52 bits per heavy atom. The van der Waals surface area contributed by atoms with Gasteiger partial charge >= 0.3 is 0 Å². The molecule has 0 spiro atoms. The second kappa shape index (κ2) is 6.21. The molecule has 0 radical (unpaired) electrons. The van der Waals surface area contributed by atoms with Crippen LogP contribution in [0.4, 0.5) is 5.69 Å². The van der Waals surface area contributed by atoms with Crippen LogP contribution in [0.2, 0.25) is 0 Å². The fourth-order valence-corrected chi connectivity index (χ4v) is 3.11. The lowest BCUT2D eigenvalue weighted by Gasteiger charge is -2.07. The van der Waals surface area contributed by atoms with Gasteiger partial charge in [0, 0.05) is 18.2 Å². The molecule has 0 fully saturated rings. The van der Waals surface area contributed by atoms with Gasteiger partial charge < -0.3 is 5.11 Å². The molecular weight excluding hydrogens is 344 g/mol. The van der Waals surface area contributed by atoms with Crippen molar-refractivity contribution in [3.05, 3.63) is 87.5 Å². The third kappa shape index (κ3) is 2.52. The molecule has 4 rings (SSSR count). The van der Waals surface area contributed by atoms with Crippen LogP contribution in [0.5, 0.6) is 0 Å². The Balaban J connectivity index is 1.78. The van der Waals surface area contributed by atoms with Crippen molar-refractivity contribution in [2.75, 3.05) is 0 Å². The zero-order valence-corrected chi connectivity index (χ0v) is 14.7. The third-order valence-electron chi connectivity index (χ3n) is 4.64. The Morgan fingerprint density at radius 1 is 0.889 bits per heavy atom. The van der Waals surface area contributed by atoms with E-state index < -0.39 is 5.78 Å². The van der Waals surface area contributed by atoms with Gasteiger partial charge in [-0.25, -0.2) is 4.68 Å². The molecule has 1 aliphatic carbocycles. The molecule has 1 aliphatic rings. The minimum Gasteiger partial charge on any atom is -0.505 e. The average molecular weight is 360 g/mol. The van der Waals surface area contributed by atoms with Crippen molar-refractivity contribution in [3.63, 3.8) is 0 Å². The van der Waals surface area contributed by atoms with Crippen LogP contribution in [0, 0.1) is 6.92 Å². The number of carbonyl (C=O) groups is 1. The fourth-order valence-electron chi connectivity index (χ4n) is 3.11. The average Bonchev–Trinajstić information content (AvgIpc) is 3.06. The van der Waals surface area contributed by atoms with E-state index in [0.717, 1.165) is 0 Å². The number of fused-ring (bicyclic) bond motifs is 1. The summed E-state index contributed by atoms with van der Waals surface area (Å²) in [6.07, 6.45) is 0. The van der Waals surface area contributed by atoms with E-state index in [2.05, 4.69) is 10.2 Å². The number of benzene rings is 2. The summed E-state index contributed by atoms with van der Waals surface area (Å²) in [7, 11) is 1.75. The summed E-state index contributed by atoms with van der Waals surface area (Å²) in [6, 6.07) is 15.9. The van der Waals surface area contributed by atoms with Gasteiger partial charge in [-0.05, 0) is 19.1 Å². The number of para-hydroxylation sites is 1. The Labute approximate surface area is 154 Å². The van der Waals surface area contributed by atoms with Crippen molar-refractivity contribution in [2.45, 2.75) is 6.92 Å². The molecule has 0 amide bonds. The van der Waals surface area contributed by atoms with E-state index in [-0.39, 0.29) is 22.7 Å². The standard InChI is InChI=1S/C20H16N4O3/c1-12-16(20(27)24(23(12)2)13-8-4-3-5-9-13)21-22-17-18(25)14-10-6-7-11-15(14)19(17)26/h3-11,25H,1-2H3/b22-21+. The molecule has 3 aromatic rings. The molecule has 2 aromatic carbocycles. The predicted molar refractivity (Wildman–Crippen MR) is 101 cm³/mol. The summed E-state index contributed by atoms with van der Waals surface area (Å²) in [6.45, 7) is 1.74. The van der Waals surface area contributed by atoms with Crippen LogP contribution >= 0.6 is 0 Å². The highest BCUT2D eigenvalue weighted by atomic mass is 16.3. The molecule has 7 heteroatoms. The van der Waals surface area contributed by atoms with E-state index in [4.69, 9.17) is 0 Å². The van der Waals surface area contributed by atoms with Gasteiger partial charge in [-0.2, -0.15) is 0 Å². The van der Waals surface area contributed by atoms with Crippen LogP contribution in [0.3, 0.4) is 0 Å². The van der Waals surface area contributed by atoms with Crippen LogP contribution in [-0.4, -0.2) is 20.3 Å². The van der Waals surface area contributed by atoms with Crippen molar-refractivity contribution in [1.29, 1.82) is 0 Å². The number of Topliss-reactive ketones (excluding diaryl/α,β-unsaturated/α-hetero) is 1. The normalized spacial score (nSPS) is 13.6. The number of aliphatic hydroxyl groups is 1. The summed E-state index contributed by atoms with van der Waals surface area (Å²) in [5.74, 6) is -0.639. The van der Waals surface area contributed by atoms with E-state index in [1.165, 1.54) is 4.68 Å². The van der Waals surface area contributed by atoms with Crippen molar-refractivity contribution in [1.82, 2.24) is 9.36 Å². The Morgan fingerprint density at radius 3 is 2.19 bits per heavy atom. The summed E-state index contributed by atoms with van der Waals surface area (Å²) >= 11 is 0. The predicted octanol–water partition coefficient (Wildman–Crippen LogP) is 3.69. The minimum absolute atomic E-state index is 0.116. The highest BCUT2D eigenvalue weighted by molar-refractivity contribution is 6.19.